The van der Waals surface area contributed by atoms with Crippen LogP contribution < -0.4 is 14.2 Å². The maximum Gasteiger partial charge on any atom is 0.346 e. The fourth-order valence-electron chi connectivity index (χ4n) is 2.32. The van der Waals surface area contributed by atoms with Gasteiger partial charge >= 0.3 is 5.97 Å². The number of carbonyl (C=O) groups is 2. The molecule has 0 atom stereocenters. The summed E-state index contributed by atoms with van der Waals surface area (Å²) in [5.41, 5.74) is 0.133. The zero-order valence-corrected chi connectivity index (χ0v) is 16.7. The Morgan fingerprint density at radius 3 is 2.18 bits per heavy atom. The second-order valence-electron chi connectivity index (χ2n) is 5.73. The standard InChI is InChI=1S/C20H22ClNO6/c1-22(11-12-27-15-9-7-14(21)8-10-15)18(23)13-28-20(24)19-16(25-2)5-4-6-17(19)26-3/h4-10H,11-13H2,1-3H3. The highest BCUT2D eigenvalue weighted by Crippen LogP contribution is 2.28. The fourth-order valence-corrected chi connectivity index (χ4v) is 2.44. The number of amides is 1. The van der Waals surface area contributed by atoms with Crippen LogP contribution in [0.5, 0.6) is 17.2 Å². The Labute approximate surface area is 168 Å². The van der Waals surface area contributed by atoms with Crippen LogP contribution in [0.3, 0.4) is 0 Å². The molecule has 0 N–H and O–H groups in total. The predicted molar refractivity (Wildman–Crippen MR) is 104 cm³/mol. The molecule has 0 saturated heterocycles. The largest absolute Gasteiger partial charge is 0.496 e. The lowest BCUT2D eigenvalue weighted by molar-refractivity contribution is -0.133. The Bertz CT molecular complexity index is 787. The van der Waals surface area contributed by atoms with E-state index in [0.29, 0.717) is 28.8 Å². The van der Waals surface area contributed by atoms with Crippen molar-refractivity contribution in [3.05, 3.63) is 53.1 Å². The first-order valence-electron chi connectivity index (χ1n) is 8.46. The van der Waals surface area contributed by atoms with Crippen LogP contribution in [0.15, 0.2) is 42.5 Å². The maximum absolute atomic E-state index is 12.4. The molecule has 0 spiro atoms. The van der Waals surface area contributed by atoms with Crippen LogP contribution in [0.2, 0.25) is 5.02 Å². The lowest BCUT2D eigenvalue weighted by Crippen LogP contribution is -2.34. The second-order valence-corrected chi connectivity index (χ2v) is 6.17. The second kappa shape index (κ2) is 10.4. The third-order valence-electron chi connectivity index (χ3n) is 3.89. The lowest BCUT2D eigenvalue weighted by Gasteiger charge is -2.18. The molecule has 0 bridgehead atoms. The third kappa shape index (κ3) is 5.79. The van der Waals surface area contributed by atoms with Gasteiger partial charge in [0.15, 0.2) is 6.61 Å². The van der Waals surface area contributed by atoms with Gasteiger partial charge in [0.2, 0.25) is 0 Å². The van der Waals surface area contributed by atoms with Gasteiger partial charge in [-0.2, -0.15) is 0 Å². The Morgan fingerprint density at radius 2 is 1.61 bits per heavy atom. The molecule has 0 unspecified atom stereocenters. The number of ether oxygens (including phenoxy) is 4. The number of methoxy groups -OCH3 is 2. The average Bonchev–Trinajstić information content (AvgIpc) is 2.72. The third-order valence-corrected chi connectivity index (χ3v) is 4.15. The summed E-state index contributed by atoms with van der Waals surface area (Å²) in [4.78, 5) is 26.0. The maximum atomic E-state index is 12.4. The first-order valence-corrected chi connectivity index (χ1v) is 8.84. The number of benzene rings is 2. The number of likely N-dealkylation sites (N-methyl/N-ethyl adjacent to an activating group) is 1. The van der Waals surface area contributed by atoms with Gasteiger partial charge < -0.3 is 23.8 Å². The smallest absolute Gasteiger partial charge is 0.346 e. The van der Waals surface area contributed by atoms with Crippen molar-refractivity contribution < 1.29 is 28.5 Å². The van der Waals surface area contributed by atoms with E-state index in [4.69, 9.17) is 30.5 Å². The summed E-state index contributed by atoms with van der Waals surface area (Å²) in [6.45, 7) is 0.215. The highest BCUT2D eigenvalue weighted by Gasteiger charge is 2.21. The van der Waals surface area contributed by atoms with Crippen LogP contribution in [-0.4, -0.2) is 57.8 Å². The minimum absolute atomic E-state index is 0.133. The van der Waals surface area contributed by atoms with Gasteiger partial charge in [0, 0.05) is 12.1 Å². The summed E-state index contributed by atoms with van der Waals surface area (Å²) in [6, 6.07) is 11.8. The molecule has 0 aliphatic carbocycles. The first kappa shape index (κ1) is 21.4. The van der Waals surface area contributed by atoms with E-state index in [-0.39, 0.29) is 18.1 Å². The van der Waals surface area contributed by atoms with Crippen molar-refractivity contribution in [2.24, 2.45) is 0 Å². The molecule has 7 nitrogen and oxygen atoms in total. The average molecular weight is 408 g/mol. The number of rotatable bonds is 9. The number of hydrogen-bond acceptors (Lipinski definition) is 6. The topological polar surface area (TPSA) is 74.3 Å². The molecule has 0 aliphatic heterocycles. The highest BCUT2D eigenvalue weighted by atomic mass is 35.5. The molecule has 2 aromatic rings. The van der Waals surface area contributed by atoms with E-state index < -0.39 is 12.6 Å². The summed E-state index contributed by atoms with van der Waals surface area (Å²) in [7, 11) is 4.47. The van der Waals surface area contributed by atoms with E-state index in [0.717, 1.165) is 0 Å². The minimum atomic E-state index is -0.700. The molecule has 28 heavy (non-hydrogen) atoms. The molecule has 0 aliphatic rings. The Balaban J connectivity index is 1.84. The van der Waals surface area contributed by atoms with E-state index in [1.807, 2.05) is 0 Å². The number of hydrogen-bond donors (Lipinski definition) is 0. The number of carbonyl (C=O) groups excluding carboxylic acids is 2. The van der Waals surface area contributed by atoms with Gasteiger partial charge in [-0.3, -0.25) is 4.79 Å². The summed E-state index contributed by atoms with van der Waals surface area (Å²) >= 11 is 5.81. The monoisotopic (exact) mass is 407 g/mol. The van der Waals surface area contributed by atoms with Crippen LogP contribution in [-0.2, 0) is 9.53 Å². The molecule has 2 rings (SSSR count). The van der Waals surface area contributed by atoms with Crippen LogP contribution in [0.1, 0.15) is 10.4 Å². The van der Waals surface area contributed by atoms with Crippen LogP contribution in [0.4, 0.5) is 0 Å². The van der Waals surface area contributed by atoms with Gasteiger partial charge in [0.25, 0.3) is 5.91 Å². The SMILES string of the molecule is COc1cccc(OC)c1C(=O)OCC(=O)N(C)CCOc1ccc(Cl)cc1. The Hall–Kier alpha value is -2.93. The van der Waals surface area contributed by atoms with Crippen LogP contribution in [0.25, 0.3) is 0 Å². The summed E-state index contributed by atoms with van der Waals surface area (Å²) < 4.78 is 21.0. The molecule has 2 aromatic carbocycles. The van der Waals surface area contributed by atoms with E-state index in [1.165, 1.54) is 19.1 Å². The molecular formula is C20H22ClNO6. The van der Waals surface area contributed by atoms with Crippen molar-refractivity contribution in [3.8, 4) is 17.2 Å². The van der Waals surface area contributed by atoms with E-state index in [9.17, 15) is 9.59 Å². The summed E-state index contributed by atoms with van der Waals surface area (Å²) in [5.74, 6) is 0.207. The van der Waals surface area contributed by atoms with Crippen molar-refractivity contribution in [2.75, 3.05) is 41.0 Å². The summed E-state index contributed by atoms with van der Waals surface area (Å²) in [6.07, 6.45) is 0. The minimum Gasteiger partial charge on any atom is -0.496 e. The molecular weight excluding hydrogens is 386 g/mol. The van der Waals surface area contributed by atoms with Crippen molar-refractivity contribution in [1.29, 1.82) is 0 Å². The molecule has 0 saturated carbocycles. The first-order chi connectivity index (χ1) is 13.5. The Kier molecular flexibility index (Phi) is 7.95. The van der Waals surface area contributed by atoms with Crippen LogP contribution in [0, 0.1) is 0 Å². The van der Waals surface area contributed by atoms with E-state index >= 15 is 0 Å². The Morgan fingerprint density at radius 1 is 1.00 bits per heavy atom. The number of esters is 1. The van der Waals surface area contributed by atoms with Crippen molar-refractivity contribution >= 4 is 23.5 Å². The van der Waals surface area contributed by atoms with Gasteiger partial charge in [-0.05, 0) is 36.4 Å². The predicted octanol–water partition coefficient (Wildman–Crippen LogP) is 3.05. The lowest BCUT2D eigenvalue weighted by atomic mass is 10.2. The van der Waals surface area contributed by atoms with Crippen molar-refractivity contribution in [3.63, 3.8) is 0 Å². The fraction of sp³-hybridized carbons (Fsp3) is 0.300. The van der Waals surface area contributed by atoms with Gasteiger partial charge in [0.05, 0.1) is 20.8 Å². The molecule has 0 radical (unpaired) electrons. The van der Waals surface area contributed by atoms with Crippen molar-refractivity contribution in [2.45, 2.75) is 0 Å². The molecule has 0 heterocycles. The quantitative estimate of drug-likeness (QED) is 0.595. The molecule has 0 fully saturated rings. The van der Waals surface area contributed by atoms with Gasteiger partial charge in [-0.25, -0.2) is 4.79 Å². The van der Waals surface area contributed by atoms with Crippen molar-refractivity contribution in [1.82, 2.24) is 4.90 Å². The molecule has 8 heteroatoms. The van der Waals surface area contributed by atoms with E-state index in [1.54, 1.807) is 49.5 Å². The van der Waals surface area contributed by atoms with Crippen LogP contribution >= 0.6 is 11.6 Å². The zero-order chi connectivity index (χ0) is 20.5. The molecule has 150 valence electrons. The van der Waals surface area contributed by atoms with Gasteiger partial charge in [-0.1, -0.05) is 17.7 Å². The summed E-state index contributed by atoms with van der Waals surface area (Å²) in [5, 5.41) is 0.619. The highest BCUT2D eigenvalue weighted by molar-refractivity contribution is 6.30. The van der Waals surface area contributed by atoms with E-state index in [2.05, 4.69) is 0 Å². The normalized spacial score (nSPS) is 10.1. The van der Waals surface area contributed by atoms with Gasteiger partial charge in [-0.15, -0.1) is 0 Å². The molecule has 0 aromatic heterocycles. The number of halogens is 1. The molecule has 1 amide bonds. The number of nitrogens with zero attached hydrogens (tertiary/aromatic N) is 1. The van der Waals surface area contributed by atoms with Gasteiger partial charge in [0.1, 0.15) is 29.4 Å². The zero-order valence-electron chi connectivity index (χ0n) is 15.9.